The van der Waals surface area contributed by atoms with Crippen molar-refractivity contribution in [1.82, 2.24) is 5.32 Å². The number of aliphatic carboxylic acids is 1. The lowest BCUT2D eigenvalue weighted by Crippen LogP contribution is -2.47. The summed E-state index contributed by atoms with van der Waals surface area (Å²) < 4.78 is 5.19. The molecule has 0 aromatic carbocycles. The first-order valence-corrected chi connectivity index (χ1v) is 8.77. The normalized spacial score (nSPS) is 26.8. The molecule has 0 aromatic heterocycles. The highest BCUT2D eigenvalue weighted by atomic mass is 16.6. The second kappa shape index (κ2) is 8.02. The first-order valence-electron chi connectivity index (χ1n) is 8.77. The van der Waals surface area contributed by atoms with Crippen molar-refractivity contribution in [2.45, 2.75) is 78.9 Å². The number of rotatable bonds is 7. The predicted molar refractivity (Wildman–Crippen MR) is 90.2 cm³/mol. The van der Waals surface area contributed by atoms with Crippen molar-refractivity contribution in [2.75, 3.05) is 0 Å². The Balaban J connectivity index is 2.68. The van der Waals surface area contributed by atoms with E-state index in [4.69, 9.17) is 4.74 Å². The zero-order chi connectivity index (χ0) is 17.8. The molecule has 5 atom stereocenters. The Morgan fingerprint density at radius 2 is 1.91 bits per heavy atom. The minimum Gasteiger partial charge on any atom is -0.480 e. The molecular formula is C18H33NO4. The first kappa shape index (κ1) is 19.8. The van der Waals surface area contributed by atoms with E-state index in [-0.39, 0.29) is 0 Å². The van der Waals surface area contributed by atoms with Gasteiger partial charge in [0.1, 0.15) is 11.6 Å². The summed E-state index contributed by atoms with van der Waals surface area (Å²) in [4.78, 5) is 23.4. The molecule has 5 heteroatoms. The van der Waals surface area contributed by atoms with E-state index in [1.165, 1.54) is 0 Å². The van der Waals surface area contributed by atoms with Gasteiger partial charge in [-0.3, -0.25) is 0 Å². The quantitative estimate of drug-likeness (QED) is 0.739. The Labute approximate surface area is 140 Å². The molecule has 1 saturated carbocycles. The molecule has 1 rings (SSSR count). The largest absolute Gasteiger partial charge is 0.480 e. The smallest absolute Gasteiger partial charge is 0.408 e. The number of alkyl carbamates (subject to hydrolysis) is 1. The number of carbonyl (C=O) groups excluding carboxylic acids is 1. The minimum absolute atomic E-state index is 0.335. The van der Waals surface area contributed by atoms with E-state index in [2.05, 4.69) is 26.1 Å². The molecule has 4 unspecified atom stereocenters. The summed E-state index contributed by atoms with van der Waals surface area (Å²) in [6.07, 6.45) is 3.01. The van der Waals surface area contributed by atoms with Crippen molar-refractivity contribution in [1.29, 1.82) is 0 Å². The highest BCUT2D eigenvalue weighted by molar-refractivity contribution is 5.80. The van der Waals surface area contributed by atoms with Crippen LogP contribution in [0.25, 0.3) is 0 Å². The third-order valence-electron chi connectivity index (χ3n) is 5.01. The fourth-order valence-corrected chi connectivity index (χ4v) is 3.56. The molecule has 0 aromatic rings. The molecule has 5 nitrogen and oxygen atoms in total. The molecule has 23 heavy (non-hydrogen) atoms. The lowest BCUT2D eigenvalue weighted by atomic mass is 9.60. The van der Waals surface area contributed by atoms with Gasteiger partial charge in [0.25, 0.3) is 0 Å². The highest BCUT2D eigenvalue weighted by Crippen LogP contribution is 2.46. The SMILES string of the molecule is CCCC(CC(NC(=O)OC(C)(C)C)C(=O)O)[C@@H]1CC(C)C1C. The summed E-state index contributed by atoms with van der Waals surface area (Å²) in [5, 5.41) is 12.0. The van der Waals surface area contributed by atoms with Crippen LogP contribution in [-0.2, 0) is 9.53 Å². The van der Waals surface area contributed by atoms with Gasteiger partial charge < -0.3 is 15.2 Å². The zero-order valence-electron chi connectivity index (χ0n) is 15.4. The van der Waals surface area contributed by atoms with Crippen LogP contribution in [0.1, 0.15) is 67.2 Å². The van der Waals surface area contributed by atoms with E-state index in [0.29, 0.717) is 30.1 Å². The van der Waals surface area contributed by atoms with Gasteiger partial charge in [0.05, 0.1) is 0 Å². The van der Waals surface area contributed by atoms with Crippen LogP contribution in [-0.4, -0.2) is 28.8 Å². The maximum absolute atomic E-state index is 11.9. The molecule has 0 spiro atoms. The number of nitrogens with one attached hydrogen (secondary N) is 1. The van der Waals surface area contributed by atoms with Crippen LogP contribution in [0.4, 0.5) is 4.79 Å². The van der Waals surface area contributed by atoms with Crippen LogP contribution in [0.2, 0.25) is 0 Å². The molecule has 0 aliphatic heterocycles. The third-order valence-corrected chi connectivity index (χ3v) is 5.01. The van der Waals surface area contributed by atoms with E-state index in [9.17, 15) is 14.7 Å². The number of ether oxygens (including phenoxy) is 1. The number of carbonyl (C=O) groups is 2. The highest BCUT2D eigenvalue weighted by Gasteiger charge is 2.40. The molecule has 1 amide bonds. The number of carboxylic acids is 1. The molecule has 1 fully saturated rings. The van der Waals surface area contributed by atoms with E-state index >= 15 is 0 Å². The lowest BCUT2D eigenvalue weighted by molar-refractivity contribution is -0.140. The second-order valence-corrected chi connectivity index (χ2v) is 8.06. The van der Waals surface area contributed by atoms with E-state index < -0.39 is 23.7 Å². The van der Waals surface area contributed by atoms with Gasteiger partial charge in [-0.2, -0.15) is 0 Å². The first-order chi connectivity index (χ1) is 10.5. The minimum atomic E-state index is -0.989. The Kier molecular flexibility index (Phi) is 6.90. The summed E-state index contributed by atoms with van der Waals surface area (Å²) in [5.74, 6) is 1.25. The number of amides is 1. The molecule has 1 aliphatic carbocycles. The van der Waals surface area contributed by atoms with Crippen molar-refractivity contribution in [3.8, 4) is 0 Å². The van der Waals surface area contributed by atoms with Crippen LogP contribution in [0.5, 0.6) is 0 Å². The van der Waals surface area contributed by atoms with E-state index in [1.807, 2.05) is 0 Å². The summed E-state index contributed by atoms with van der Waals surface area (Å²) in [7, 11) is 0. The third kappa shape index (κ3) is 6.04. The summed E-state index contributed by atoms with van der Waals surface area (Å²) in [6, 6.07) is -0.885. The molecule has 0 bridgehead atoms. The summed E-state index contributed by atoms with van der Waals surface area (Å²) in [5.41, 5.74) is -0.631. The maximum Gasteiger partial charge on any atom is 0.408 e. The molecule has 2 N–H and O–H groups in total. The van der Waals surface area contributed by atoms with Crippen LogP contribution in [0.15, 0.2) is 0 Å². The Hall–Kier alpha value is -1.26. The molecule has 0 saturated heterocycles. The Bertz CT molecular complexity index is 416. The number of hydrogen-bond donors (Lipinski definition) is 2. The lowest BCUT2D eigenvalue weighted by Gasteiger charge is -2.46. The summed E-state index contributed by atoms with van der Waals surface area (Å²) in [6.45, 7) is 11.9. The van der Waals surface area contributed by atoms with E-state index in [0.717, 1.165) is 19.3 Å². The van der Waals surface area contributed by atoms with Gasteiger partial charge >= 0.3 is 12.1 Å². The van der Waals surface area contributed by atoms with Crippen molar-refractivity contribution in [2.24, 2.45) is 23.7 Å². The van der Waals surface area contributed by atoms with Crippen LogP contribution < -0.4 is 5.32 Å². The van der Waals surface area contributed by atoms with Crippen molar-refractivity contribution in [3.63, 3.8) is 0 Å². The molecule has 0 heterocycles. The van der Waals surface area contributed by atoms with Crippen LogP contribution in [0.3, 0.4) is 0 Å². The van der Waals surface area contributed by atoms with Gasteiger partial charge in [-0.25, -0.2) is 9.59 Å². The van der Waals surface area contributed by atoms with Gasteiger partial charge in [0.15, 0.2) is 0 Å². The van der Waals surface area contributed by atoms with Gasteiger partial charge in [0, 0.05) is 0 Å². The molecule has 134 valence electrons. The van der Waals surface area contributed by atoms with Gasteiger partial charge in [-0.1, -0.05) is 33.6 Å². The maximum atomic E-state index is 11.9. The van der Waals surface area contributed by atoms with Crippen molar-refractivity contribution < 1.29 is 19.4 Å². The average Bonchev–Trinajstić information content (AvgIpc) is 2.40. The van der Waals surface area contributed by atoms with Crippen LogP contribution in [0, 0.1) is 23.7 Å². The topological polar surface area (TPSA) is 75.6 Å². The summed E-state index contributed by atoms with van der Waals surface area (Å²) >= 11 is 0. The molecular weight excluding hydrogens is 294 g/mol. The van der Waals surface area contributed by atoms with Gasteiger partial charge in [-0.15, -0.1) is 0 Å². The molecule has 1 aliphatic rings. The van der Waals surface area contributed by atoms with Crippen LogP contribution >= 0.6 is 0 Å². The Morgan fingerprint density at radius 3 is 2.30 bits per heavy atom. The van der Waals surface area contributed by atoms with Crippen molar-refractivity contribution >= 4 is 12.1 Å². The fourth-order valence-electron chi connectivity index (χ4n) is 3.56. The number of hydrogen-bond acceptors (Lipinski definition) is 3. The second-order valence-electron chi connectivity index (χ2n) is 8.06. The van der Waals surface area contributed by atoms with Gasteiger partial charge in [0.2, 0.25) is 0 Å². The standard InChI is InChI=1S/C18H33NO4/c1-7-8-13(14-9-11(2)12(14)3)10-15(16(20)21)19-17(22)23-18(4,5)6/h11-15H,7-10H2,1-6H3,(H,19,22)(H,20,21)/t11?,12?,13?,14-,15?/m1/s1. The average molecular weight is 327 g/mol. The monoisotopic (exact) mass is 327 g/mol. The van der Waals surface area contributed by atoms with E-state index in [1.54, 1.807) is 20.8 Å². The Morgan fingerprint density at radius 1 is 1.30 bits per heavy atom. The molecule has 0 radical (unpaired) electrons. The van der Waals surface area contributed by atoms with Crippen molar-refractivity contribution in [3.05, 3.63) is 0 Å². The number of carboxylic acid groups (broad SMARTS) is 1. The zero-order valence-corrected chi connectivity index (χ0v) is 15.4. The van der Waals surface area contributed by atoms with Gasteiger partial charge in [-0.05, 0) is 57.3 Å². The fraction of sp³-hybridized carbons (Fsp3) is 0.889. The predicted octanol–water partition coefficient (Wildman–Crippen LogP) is 4.06.